The van der Waals surface area contributed by atoms with Crippen LogP contribution in [0.5, 0.6) is 17.2 Å². The number of anilines is 1. The van der Waals surface area contributed by atoms with Crippen molar-refractivity contribution in [3.8, 4) is 17.2 Å². The number of nitrogens with one attached hydrogen (secondary N) is 1. The van der Waals surface area contributed by atoms with Gasteiger partial charge in [-0.25, -0.2) is 0 Å². The van der Waals surface area contributed by atoms with E-state index >= 15 is 0 Å². The Morgan fingerprint density at radius 1 is 0.677 bits per heavy atom. The van der Waals surface area contributed by atoms with Gasteiger partial charge in [-0.3, -0.25) is 0 Å². The molecule has 0 aliphatic carbocycles. The molecule has 0 saturated heterocycles. The van der Waals surface area contributed by atoms with Gasteiger partial charge in [0.25, 0.3) is 0 Å². The summed E-state index contributed by atoms with van der Waals surface area (Å²) in [4.78, 5) is 0. The van der Waals surface area contributed by atoms with Crippen molar-refractivity contribution in [1.82, 2.24) is 0 Å². The molecular weight excluding hydrogens is 429 g/mol. The van der Waals surface area contributed by atoms with Crippen molar-refractivity contribution >= 4 is 28.9 Å². The van der Waals surface area contributed by atoms with E-state index in [2.05, 4.69) is 5.32 Å². The lowest BCUT2D eigenvalue weighted by Gasteiger charge is -2.14. The quantitative estimate of drug-likeness (QED) is 0.295. The zero-order valence-corrected chi connectivity index (χ0v) is 18.2. The molecule has 0 aliphatic heterocycles. The highest BCUT2D eigenvalue weighted by molar-refractivity contribution is 6.35. The van der Waals surface area contributed by atoms with Gasteiger partial charge in [0.2, 0.25) is 0 Å². The van der Waals surface area contributed by atoms with Crippen molar-refractivity contribution in [1.29, 1.82) is 0 Å². The highest BCUT2D eigenvalue weighted by Crippen LogP contribution is 2.26. The zero-order valence-electron chi connectivity index (χ0n) is 16.7. The summed E-state index contributed by atoms with van der Waals surface area (Å²) in [5, 5.41) is 4.64. The van der Waals surface area contributed by atoms with Crippen LogP contribution in [0.1, 0.15) is 11.1 Å². The second-order valence-corrected chi connectivity index (χ2v) is 7.77. The Bertz CT molecular complexity index is 1130. The number of rotatable bonds is 8. The molecule has 4 rings (SSSR count). The van der Waals surface area contributed by atoms with E-state index in [1.54, 1.807) is 6.07 Å². The van der Waals surface area contributed by atoms with Crippen LogP contribution < -0.4 is 14.8 Å². The highest BCUT2D eigenvalue weighted by atomic mass is 35.5. The third-order valence-electron chi connectivity index (χ3n) is 4.69. The van der Waals surface area contributed by atoms with E-state index in [0.29, 0.717) is 23.2 Å². The van der Waals surface area contributed by atoms with E-state index < -0.39 is 0 Å². The predicted octanol–water partition coefficient (Wildman–Crippen LogP) is 7.98. The molecule has 31 heavy (non-hydrogen) atoms. The molecule has 5 heteroatoms. The van der Waals surface area contributed by atoms with Gasteiger partial charge in [-0.15, -0.1) is 0 Å². The Morgan fingerprint density at radius 2 is 1.39 bits per heavy atom. The topological polar surface area (TPSA) is 30.5 Å². The third-order valence-corrected chi connectivity index (χ3v) is 5.27. The Hall–Kier alpha value is -3.14. The normalized spacial score (nSPS) is 10.5. The minimum absolute atomic E-state index is 0.374. The number of hydrogen-bond acceptors (Lipinski definition) is 3. The lowest BCUT2D eigenvalue weighted by molar-refractivity contribution is 0.303. The van der Waals surface area contributed by atoms with Crippen LogP contribution in [0.4, 0.5) is 5.69 Å². The maximum atomic E-state index is 6.25. The second kappa shape index (κ2) is 10.3. The van der Waals surface area contributed by atoms with E-state index in [0.717, 1.165) is 34.1 Å². The Morgan fingerprint density at radius 3 is 2.16 bits per heavy atom. The van der Waals surface area contributed by atoms with E-state index in [9.17, 15) is 0 Å². The summed E-state index contributed by atoms with van der Waals surface area (Å²) in [7, 11) is 0. The monoisotopic (exact) mass is 449 g/mol. The van der Waals surface area contributed by atoms with Gasteiger partial charge in [0.05, 0.1) is 0 Å². The van der Waals surface area contributed by atoms with Gasteiger partial charge in [0.15, 0.2) is 0 Å². The fourth-order valence-corrected chi connectivity index (χ4v) is 3.51. The largest absolute Gasteiger partial charge is 0.488 e. The minimum Gasteiger partial charge on any atom is -0.488 e. The molecule has 0 aliphatic rings. The van der Waals surface area contributed by atoms with Crippen molar-refractivity contribution < 1.29 is 9.47 Å². The molecule has 0 aromatic heterocycles. The summed E-state index contributed by atoms with van der Waals surface area (Å²) < 4.78 is 11.9. The lowest BCUT2D eigenvalue weighted by Crippen LogP contribution is -2.04. The molecule has 3 nitrogen and oxygen atoms in total. The first-order valence-electron chi connectivity index (χ1n) is 9.89. The maximum absolute atomic E-state index is 6.25. The molecule has 1 N–H and O–H groups in total. The van der Waals surface area contributed by atoms with Crippen LogP contribution in [0.25, 0.3) is 0 Å². The van der Waals surface area contributed by atoms with Gasteiger partial charge in [-0.1, -0.05) is 65.7 Å². The summed E-state index contributed by atoms with van der Waals surface area (Å²) in [6.07, 6.45) is 0. The Labute approximate surface area is 192 Å². The van der Waals surface area contributed by atoms with E-state index in [-0.39, 0.29) is 0 Å². The SMILES string of the molecule is Clc1ccc(COc2ccccc2CNc2ccc(Oc3ccccc3)cc2)c(Cl)c1. The summed E-state index contributed by atoms with van der Waals surface area (Å²) >= 11 is 12.2. The van der Waals surface area contributed by atoms with Gasteiger partial charge in [0.1, 0.15) is 23.9 Å². The van der Waals surface area contributed by atoms with Crippen molar-refractivity contribution in [2.24, 2.45) is 0 Å². The first kappa shape index (κ1) is 21.1. The first-order valence-corrected chi connectivity index (χ1v) is 10.6. The number of halogens is 2. The number of ether oxygens (including phenoxy) is 2. The van der Waals surface area contributed by atoms with Gasteiger partial charge in [0, 0.05) is 33.4 Å². The van der Waals surface area contributed by atoms with Crippen molar-refractivity contribution in [3.63, 3.8) is 0 Å². The fourth-order valence-electron chi connectivity index (χ4n) is 3.05. The minimum atomic E-state index is 0.374. The zero-order chi connectivity index (χ0) is 21.5. The van der Waals surface area contributed by atoms with Crippen LogP contribution >= 0.6 is 23.2 Å². The Kier molecular flexibility index (Phi) is 6.98. The summed E-state index contributed by atoms with van der Waals surface area (Å²) in [5.74, 6) is 2.42. The van der Waals surface area contributed by atoms with Crippen LogP contribution in [0.15, 0.2) is 97.1 Å². The molecular formula is C26H21Cl2NO2. The second-order valence-electron chi connectivity index (χ2n) is 6.93. The molecule has 0 fully saturated rings. The smallest absolute Gasteiger partial charge is 0.127 e. The fraction of sp³-hybridized carbons (Fsp3) is 0.0769. The van der Waals surface area contributed by atoms with Crippen LogP contribution in [0.2, 0.25) is 10.0 Å². The van der Waals surface area contributed by atoms with Gasteiger partial charge < -0.3 is 14.8 Å². The molecule has 0 saturated carbocycles. The molecule has 0 heterocycles. The molecule has 0 amide bonds. The highest BCUT2D eigenvalue weighted by Gasteiger charge is 2.07. The molecule has 0 spiro atoms. The van der Waals surface area contributed by atoms with E-state index in [4.69, 9.17) is 32.7 Å². The molecule has 0 bridgehead atoms. The van der Waals surface area contributed by atoms with Gasteiger partial charge in [-0.2, -0.15) is 0 Å². The standard InChI is InChI=1S/C26H21Cl2NO2/c27-21-11-10-20(25(28)16-21)18-30-26-9-5-4-6-19(26)17-29-22-12-14-24(15-13-22)31-23-7-2-1-3-8-23/h1-16,29H,17-18H2. The Balaban J connectivity index is 1.36. The van der Waals surface area contributed by atoms with Crippen LogP contribution in [0.3, 0.4) is 0 Å². The third kappa shape index (κ3) is 5.94. The molecule has 0 atom stereocenters. The number of hydrogen-bond donors (Lipinski definition) is 1. The van der Waals surface area contributed by atoms with Crippen molar-refractivity contribution in [2.75, 3.05) is 5.32 Å². The van der Waals surface area contributed by atoms with Gasteiger partial charge >= 0.3 is 0 Å². The summed E-state index contributed by atoms with van der Waals surface area (Å²) in [6, 6.07) is 31.0. The first-order chi connectivity index (χ1) is 15.2. The predicted molar refractivity (Wildman–Crippen MR) is 128 cm³/mol. The number of benzene rings is 4. The lowest BCUT2D eigenvalue weighted by atomic mass is 10.2. The molecule has 156 valence electrons. The summed E-state index contributed by atoms with van der Waals surface area (Å²) in [5.41, 5.74) is 2.94. The van der Waals surface area contributed by atoms with Crippen LogP contribution in [0, 0.1) is 0 Å². The average molecular weight is 450 g/mol. The van der Waals surface area contributed by atoms with Crippen molar-refractivity contribution in [2.45, 2.75) is 13.2 Å². The molecule has 0 radical (unpaired) electrons. The van der Waals surface area contributed by atoms with E-state index in [1.807, 2.05) is 91.0 Å². The summed E-state index contributed by atoms with van der Waals surface area (Å²) in [6.45, 7) is 1.00. The van der Waals surface area contributed by atoms with Gasteiger partial charge in [-0.05, 0) is 54.6 Å². The van der Waals surface area contributed by atoms with E-state index in [1.165, 1.54) is 0 Å². The molecule has 4 aromatic rings. The molecule has 4 aromatic carbocycles. The maximum Gasteiger partial charge on any atom is 0.127 e. The molecule has 0 unspecified atom stereocenters. The van der Waals surface area contributed by atoms with Crippen molar-refractivity contribution in [3.05, 3.63) is 118 Å². The van der Waals surface area contributed by atoms with Crippen LogP contribution in [-0.2, 0) is 13.2 Å². The van der Waals surface area contributed by atoms with Crippen LogP contribution in [-0.4, -0.2) is 0 Å². The average Bonchev–Trinajstić information content (AvgIpc) is 2.79. The number of para-hydroxylation sites is 2.